The Morgan fingerprint density at radius 1 is 1.04 bits per heavy atom. The zero-order chi connectivity index (χ0) is 19.1. The van der Waals surface area contributed by atoms with Crippen molar-refractivity contribution in [3.8, 4) is 16.9 Å². The zero-order valence-electron chi connectivity index (χ0n) is 14.2. The maximum Gasteiger partial charge on any atom is 0.280 e. The van der Waals surface area contributed by atoms with Crippen LogP contribution in [0, 0.1) is 17.0 Å². The fraction of sp³-hybridized carbons (Fsp3) is 0.0526. The Bertz CT molecular complexity index is 1300. The van der Waals surface area contributed by atoms with Gasteiger partial charge in [0.1, 0.15) is 0 Å². The summed E-state index contributed by atoms with van der Waals surface area (Å²) in [6.07, 6.45) is 0. The number of aromatic amines is 2. The van der Waals surface area contributed by atoms with Crippen LogP contribution >= 0.6 is 0 Å². The van der Waals surface area contributed by atoms with Gasteiger partial charge in [-0.1, -0.05) is 12.1 Å². The van der Waals surface area contributed by atoms with Gasteiger partial charge in [-0.2, -0.15) is 0 Å². The second-order valence-corrected chi connectivity index (χ2v) is 6.12. The van der Waals surface area contributed by atoms with E-state index in [0.717, 1.165) is 0 Å². The first-order valence-electron chi connectivity index (χ1n) is 8.14. The molecule has 0 amide bonds. The molecule has 0 aliphatic carbocycles. The van der Waals surface area contributed by atoms with Crippen LogP contribution in [0.15, 0.2) is 64.2 Å². The van der Waals surface area contributed by atoms with Crippen LogP contribution in [0.2, 0.25) is 0 Å². The Morgan fingerprint density at radius 3 is 2.44 bits per heavy atom. The number of para-hydroxylation sites is 1. The fourth-order valence-electron chi connectivity index (χ4n) is 3.10. The van der Waals surface area contributed by atoms with E-state index in [4.69, 9.17) is 0 Å². The van der Waals surface area contributed by atoms with E-state index in [1.165, 1.54) is 35.0 Å². The average molecular weight is 362 g/mol. The molecule has 0 spiro atoms. The number of hydrogen-bond acceptors (Lipinski definition) is 4. The highest BCUT2D eigenvalue weighted by Crippen LogP contribution is 2.20. The number of nitrogens with one attached hydrogen (secondary N) is 2. The summed E-state index contributed by atoms with van der Waals surface area (Å²) in [5, 5.41) is 14.3. The Kier molecular flexibility index (Phi) is 3.73. The molecule has 0 bridgehead atoms. The van der Waals surface area contributed by atoms with Crippen LogP contribution in [-0.4, -0.2) is 19.7 Å². The van der Waals surface area contributed by atoms with E-state index in [1.807, 2.05) is 0 Å². The average Bonchev–Trinajstić information content (AvgIpc) is 2.96. The van der Waals surface area contributed by atoms with Gasteiger partial charge in [-0.3, -0.25) is 24.8 Å². The predicted octanol–water partition coefficient (Wildman–Crippen LogP) is 2.89. The predicted molar refractivity (Wildman–Crippen MR) is 101 cm³/mol. The lowest BCUT2D eigenvalue weighted by Crippen LogP contribution is -2.16. The van der Waals surface area contributed by atoms with Crippen molar-refractivity contribution >= 4 is 16.6 Å². The number of non-ortho nitro benzene ring substituents is 1. The Labute approximate surface area is 151 Å². The second kappa shape index (κ2) is 6.10. The number of aryl methyl sites for hydroxylation is 1. The van der Waals surface area contributed by atoms with Gasteiger partial charge < -0.3 is 4.98 Å². The van der Waals surface area contributed by atoms with Gasteiger partial charge in [-0.15, -0.1) is 0 Å². The molecule has 134 valence electrons. The lowest BCUT2D eigenvalue weighted by atomic mass is 10.1. The molecule has 0 aliphatic heterocycles. The molecule has 0 saturated carbocycles. The summed E-state index contributed by atoms with van der Waals surface area (Å²) >= 11 is 0. The third kappa shape index (κ3) is 2.73. The third-order valence-electron chi connectivity index (χ3n) is 4.40. The molecule has 27 heavy (non-hydrogen) atoms. The Hall–Kier alpha value is -3.94. The summed E-state index contributed by atoms with van der Waals surface area (Å²) in [6.45, 7) is 1.73. The standard InChI is InChI=1S/C19H14N4O4/c1-11-18(16-10-17(24)14-4-2-3-5-15(14)20-16)19(25)22(21-11)12-6-8-13(9-7-12)23(26)27/h2-10,21H,1H3,(H,20,24). The molecule has 0 saturated heterocycles. The van der Waals surface area contributed by atoms with Crippen molar-refractivity contribution in [2.24, 2.45) is 0 Å². The van der Waals surface area contributed by atoms with Crippen molar-refractivity contribution in [3.05, 3.63) is 91.0 Å². The third-order valence-corrected chi connectivity index (χ3v) is 4.40. The van der Waals surface area contributed by atoms with Crippen molar-refractivity contribution in [2.45, 2.75) is 6.92 Å². The number of fused-ring (bicyclic) bond motifs is 1. The van der Waals surface area contributed by atoms with Crippen LogP contribution in [-0.2, 0) is 0 Å². The molecule has 0 radical (unpaired) electrons. The van der Waals surface area contributed by atoms with Crippen LogP contribution in [0.3, 0.4) is 0 Å². The maximum atomic E-state index is 12.9. The van der Waals surface area contributed by atoms with Crippen LogP contribution in [0.25, 0.3) is 27.8 Å². The number of pyridine rings is 1. The fourth-order valence-corrected chi connectivity index (χ4v) is 3.10. The quantitative estimate of drug-likeness (QED) is 0.431. The summed E-state index contributed by atoms with van der Waals surface area (Å²) < 4.78 is 1.29. The molecule has 8 heteroatoms. The normalized spacial score (nSPS) is 11.0. The summed E-state index contributed by atoms with van der Waals surface area (Å²) in [6, 6.07) is 14.1. The maximum absolute atomic E-state index is 12.9. The minimum absolute atomic E-state index is 0.0610. The highest BCUT2D eigenvalue weighted by Gasteiger charge is 2.17. The van der Waals surface area contributed by atoms with Crippen LogP contribution in [0.5, 0.6) is 0 Å². The zero-order valence-corrected chi connectivity index (χ0v) is 14.2. The summed E-state index contributed by atoms with van der Waals surface area (Å²) in [5.41, 5.74) is 1.84. The topological polar surface area (TPSA) is 114 Å². The number of rotatable bonds is 3. The van der Waals surface area contributed by atoms with Gasteiger partial charge in [-0.05, 0) is 31.2 Å². The van der Waals surface area contributed by atoms with Gasteiger partial charge >= 0.3 is 0 Å². The van der Waals surface area contributed by atoms with Crippen molar-refractivity contribution < 1.29 is 4.92 Å². The first-order valence-corrected chi connectivity index (χ1v) is 8.14. The van der Waals surface area contributed by atoms with E-state index >= 15 is 0 Å². The number of nitro benzene ring substituents is 1. The van der Waals surface area contributed by atoms with Gasteiger partial charge in [0.15, 0.2) is 5.43 Å². The van der Waals surface area contributed by atoms with Crippen LogP contribution < -0.4 is 11.0 Å². The molecule has 0 aliphatic rings. The van der Waals surface area contributed by atoms with Crippen LogP contribution in [0.4, 0.5) is 5.69 Å². The van der Waals surface area contributed by atoms with Gasteiger partial charge in [0, 0.05) is 34.8 Å². The number of benzene rings is 2. The number of nitro groups is 1. The Balaban J connectivity index is 1.88. The minimum atomic E-state index is -0.502. The number of H-pyrrole nitrogens is 2. The molecular weight excluding hydrogens is 348 g/mol. The molecule has 2 aromatic heterocycles. The largest absolute Gasteiger partial charge is 0.354 e. The molecule has 0 atom stereocenters. The van der Waals surface area contributed by atoms with Crippen molar-refractivity contribution in [1.82, 2.24) is 14.8 Å². The monoisotopic (exact) mass is 362 g/mol. The van der Waals surface area contributed by atoms with Gasteiger partial charge in [0.25, 0.3) is 11.2 Å². The van der Waals surface area contributed by atoms with Crippen LogP contribution in [0.1, 0.15) is 5.69 Å². The van der Waals surface area contributed by atoms with Gasteiger partial charge in [-0.25, -0.2) is 4.68 Å². The van der Waals surface area contributed by atoms with Gasteiger partial charge in [0.2, 0.25) is 0 Å². The highest BCUT2D eigenvalue weighted by atomic mass is 16.6. The molecule has 2 N–H and O–H groups in total. The first-order chi connectivity index (χ1) is 13.0. The molecule has 4 aromatic rings. The summed E-state index contributed by atoms with van der Waals surface area (Å²) in [7, 11) is 0. The van der Waals surface area contributed by atoms with Gasteiger partial charge in [0.05, 0.1) is 21.9 Å². The first kappa shape index (κ1) is 16.5. The lowest BCUT2D eigenvalue weighted by Gasteiger charge is -2.02. The molecule has 4 rings (SSSR count). The molecule has 0 fully saturated rings. The molecule has 0 unspecified atom stereocenters. The van der Waals surface area contributed by atoms with E-state index in [0.29, 0.717) is 33.5 Å². The second-order valence-electron chi connectivity index (χ2n) is 6.12. The van der Waals surface area contributed by atoms with E-state index in [-0.39, 0.29) is 16.7 Å². The SMILES string of the molecule is Cc1[nH]n(-c2ccc([N+](=O)[O-])cc2)c(=O)c1-c1cc(=O)c2ccccc2[nH]1. The van der Waals surface area contributed by atoms with E-state index < -0.39 is 4.92 Å². The van der Waals surface area contributed by atoms with Crippen molar-refractivity contribution in [2.75, 3.05) is 0 Å². The minimum Gasteiger partial charge on any atom is -0.354 e. The molecule has 2 aromatic carbocycles. The number of nitrogens with zero attached hydrogens (tertiary/aromatic N) is 2. The summed E-state index contributed by atoms with van der Waals surface area (Å²) in [5.74, 6) is 0. The van der Waals surface area contributed by atoms with E-state index in [1.54, 1.807) is 31.2 Å². The summed E-state index contributed by atoms with van der Waals surface area (Å²) in [4.78, 5) is 38.7. The molecular formula is C19H14N4O4. The van der Waals surface area contributed by atoms with E-state index in [2.05, 4.69) is 10.1 Å². The number of hydrogen-bond donors (Lipinski definition) is 2. The van der Waals surface area contributed by atoms with Crippen molar-refractivity contribution in [1.29, 1.82) is 0 Å². The number of aromatic nitrogens is 3. The molecule has 8 nitrogen and oxygen atoms in total. The lowest BCUT2D eigenvalue weighted by molar-refractivity contribution is -0.384. The van der Waals surface area contributed by atoms with Crippen molar-refractivity contribution in [3.63, 3.8) is 0 Å². The Morgan fingerprint density at radius 2 is 1.74 bits per heavy atom. The molecule has 2 heterocycles. The van der Waals surface area contributed by atoms with E-state index in [9.17, 15) is 19.7 Å². The smallest absolute Gasteiger partial charge is 0.280 e. The highest BCUT2D eigenvalue weighted by molar-refractivity contribution is 5.81.